The van der Waals surface area contributed by atoms with E-state index < -0.39 is 4.92 Å². The molecule has 0 unspecified atom stereocenters. The second kappa shape index (κ2) is 8.10. The van der Waals surface area contributed by atoms with Crippen LogP contribution >= 0.6 is 0 Å². The van der Waals surface area contributed by atoms with Crippen LogP contribution in [0.15, 0.2) is 42.5 Å². The molecule has 0 saturated carbocycles. The number of hydrogen-bond donors (Lipinski definition) is 0. The number of nitro benzene ring substituents is 1. The van der Waals surface area contributed by atoms with E-state index in [1.165, 1.54) is 18.2 Å². The summed E-state index contributed by atoms with van der Waals surface area (Å²) in [6, 6.07) is 10.8. The summed E-state index contributed by atoms with van der Waals surface area (Å²) in [5, 5.41) is 11.7. The van der Waals surface area contributed by atoms with Crippen molar-refractivity contribution in [1.82, 2.24) is 0 Å². The molecule has 2 aliphatic rings. The molecule has 0 aromatic heterocycles. The van der Waals surface area contributed by atoms with Crippen LogP contribution in [0, 0.1) is 15.9 Å². The van der Waals surface area contributed by atoms with Crippen LogP contribution in [0.2, 0.25) is 0 Å². The van der Waals surface area contributed by atoms with Crippen molar-refractivity contribution in [2.45, 2.75) is 19.3 Å². The maximum atomic E-state index is 13.1. The van der Waals surface area contributed by atoms with Crippen LogP contribution in [-0.4, -0.2) is 42.9 Å². The highest BCUT2D eigenvalue weighted by Crippen LogP contribution is 2.35. The summed E-state index contributed by atoms with van der Waals surface area (Å²) >= 11 is 0. The van der Waals surface area contributed by atoms with Gasteiger partial charge in [0.2, 0.25) is 11.8 Å². The highest BCUT2D eigenvalue weighted by molar-refractivity contribution is 6.16. The van der Waals surface area contributed by atoms with E-state index in [-0.39, 0.29) is 41.8 Å². The number of imide groups is 1. The summed E-state index contributed by atoms with van der Waals surface area (Å²) in [5.74, 6) is -0.957. The Balaban J connectivity index is 1.54. The second-order valence-electron chi connectivity index (χ2n) is 7.36. The van der Waals surface area contributed by atoms with E-state index in [4.69, 9.17) is 0 Å². The van der Waals surface area contributed by atoms with E-state index >= 15 is 0 Å². The van der Waals surface area contributed by atoms with Gasteiger partial charge in [0.1, 0.15) is 11.5 Å². The molecule has 0 bridgehead atoms. The fraction of sp³-hybridized carbons (Fsp3) is 0.333. The van der Waals surface area contributed by atoms with Crippen molar-refractivity contribution in [3.8, 4) is 0 Å². The number of carbonyl (C=O) groups is 2. The number of amides is 2. The first-order valence-corrected chi connectivity index (χ1v) is 9.84. The van der Waals surface area contributed by atoms with Gasteiger partial charge in [-0.2, -0.15) is 0 Å². The number of nitro groups is 1. The summed E-state index contributed by atoms with van der Waals surface area (Å²) in [6.07, 6.45) is 1.02. The Morgan fingerprint density at radius 3 is 2.00 bits per heavy atom. The molecule has 0 spiro atoms. The van der Waals surface area contributed by atoms with Gasteiger partial charge in [0.25, 0.3) is 5.69 Å². The average molecular weight is 412 g/mol. The van der Waals surface area contributed by atoms with Crippen LogP contribution < -0.4 is 14.7 Å². The Hall–Kier alpha value is -3.49. The Bertz CT molecular complexity index is 971. The topological polar surface area (TPSA) is 87.0 Å². The van der Waals surface area contributed by atoms with Crippen molar-refractivity contribution in [2.24, 2.45) is 0 Å². The molecule has 8 nitrogen and oxygen atoms in total. The van der Waals surface area contributed by atoms with E-state index in [0.717, 1.165) is 10.6 Å². The van der Waals surface area contributed by atoms with Gasteiger partial charge in [-0.25, -0.2) is 4.39 Å². The van der Waals surface area contributed by atoms with Gasteiger partial charge in [-0.05, 0) is 42.8 Å². The Morgan fingerprint density at radius 1 is 0.833 bits per heavy atom. The van der Waals surface area contributed by atoms with Gasteiger partial charge in [0.05, 0.1) is 10.6 Å². The molecule has 2 amide bonds. The maximum absolute atomic E-state index is 13.1. The van der Waals surface area contributed by atoms with E-state index in [0.29, 0.717) is 38.3 Å². The molecule has 30 heavy (non-hydrogen) atoms. The minimum atomic E-state index is -0.482. The molecule has 2 aromatic carbocycles. The van der Waals surface area contributed by atoms with Crippen molar-refractivity contribution in [3.63, 3.8) is 0 Å². The third-order valence-corrected chi connectivity index (χ3v) is 5.51. The molecular formula is C21H21FN4O4. The van der Waals surface area contributed by atoms with E-state index in [1.54, 1.807) is 24.3 Å². The fourth-order valence-electron chi connectivity index (χ4n) is 3.96. The highest BCUT2D eigenvalue weighted by Gasteiger charge is 2.30. The average Bonchev–Trinajstić information content (AvgIpc) is 2.74. The van der Waals surface area contributed by atoms with Crippen molar-refractivity contribution in [3.05, 3.63) is 58.4 Å². The predicted molar refractivity (Wildman–Crippen MR) is 110 cm³/mol. The molecular weight excluding hydrogens is 391 g/mol. The van der Waals surface area contributed by atoms with Crippen molar-refractivity contribution in [2.75, 3.05) is 40.9 Å². The number of benzene rings is 2. The summed E-state index contributed by atoms with van der Waals surface area (Å²) in [4.78, 5) is 40.6. The SMILES string of the molecule is O=C1CCCC(=O)N1c1ccc(N2CCN(c3ccc(F)cc3)CC2)c([N+](=O)[O-])c1. The first kappa shape index (κ1) is 19.8. The van der Waals surface area contributed by atoms with Crippen LogP contribution in [0.1, 0.15) is 19.3 Å². The van der Waals surface area contributed by atoms with E-state index in [2.05, 4.69) is 4.90 Å². The zero-order valence-electron chi connectivity index (χ0n) is 16.3. The van der Waals surface area contributed by atoms with Gasteiger partial charge >= 0.3 is 0 Å². The van der Waals surface area contributed by atoms with Gasteiger partial charge in [0, 0.05) is 50.8 Å². The molecule has 2 heterocycles. The van der Waals surface area contributed by atoms with Crippen molar-refractivity contribution < 1.29 is 18.9 Å². The van der Waals surface area contributed by atoms with Crippen LogP contribution in [0.4, 0.5) is 27.1 Å². The second-order valence-corrected chi connectivity index (χ2v) is 7.36. The Morgan fingerprint density at radius 2 is 1.40 bits per heavy atom. The molecule has 4 rings (SSSR count). The monoisotopic (exact) mass is 412 g/mol. The molecule has 0 aliphatic carbocycles. The number of piperazine rings is 1. The fourth-order valence-corrected chi connectivity index (χ4v) is 3.96. The van der Waals surface area contributed by atoms with Crippen LogP contribution in [-0.2, 0) is 9.59 Å². The number of nitrogens with zero attached hydrogens (tertiary/aromatic N) is 4. The van der Waals surface area contributed by atoms with Crippen molar-refractivity contribution >= 4 is 34.6 Å². The number of piperidine rings is 1. The summed E-state index contributed by atoms with van der Waals surface area (Å²) < 4.78 is 13.1. The minimum absolute atomic E-state index is 0.131. The van der Waals surface area contributed by atoms with Crippen LogP contribution in [0.3, 0.4) is 0 Å². The van der Waals surface area contributed by atoms with E-state index in [9.17, 15) is 24.1 Å². The van der Waals surface area contributed by atoms with E-state index in [1.807, 2.05) is 4.90 Å². The van der Waals surface area contributed by atoms with Gasteiger partial charge in [0.15, 0.2) is 0 Å². The largest absolute Gasteiger partial charge is 0.368 e. The van der Waals surface area contributed by atoms with Gasteiger partial charge in [-0.3, -0.25) is 24.6 Å². The molecule has 2 fully saturated rings. The third kappa shape index (κ3) is 3.83. The van der Waals surface area contributed by atoms with Crippen molar-refractivity contribution in [1.29, 1.82) is 0 Å². The molecule has 2 aromatic rings. The normalized spacial score (nSPS) is 17.4. The molecule has 2 aliphatic heterocycles. The standard InChI is InChI=1S/C21H21FN4O4/c22-15-4-6-16(7-5-15)23-10-12-24(13-11-23)18-9-8-17(14-19(18)26(29)30)25-20(27)2-1-3-21(25)28/h4-9,14H,1-3,10-13H2. The number of rotatable bonds is 4. The molecule has 9 heteroatoms. The summed E-state index contributed by atoms with van der Waals surface area (Å²) in [5.41, 5.74) is 1.47. The first-order chi connectivity index (χ1) is 14.4. The van der Waals surface area contributed by atoms with Gasteiger partial charge < -0.3 is 9.80 Å². The Kier molecular flexibility index (Phi) is 5.35. The number of hydrogen-bond acceptors (Lipinski definition) is 6. The molecule has 0 N–H and O–H groups in total. The number of carbonyl (C=O) groups excluding carboxylic acids is 2. The third-order valence-electron chi connectivity index (χ3n) is 5.51. The molecule has 2 saturated heterocycles. The number of anilines is 3. The Labute approximate surface area is 172 Å². The lowest BCUT2D eigenvalue weighted by Gasteiger charge is -2.37. The number of halogens is 1. The zero-order chi connectivity index (χ0) is 21.3. The first-order valence-electron chi connectivity index (χ1n) is 9.84. The summed E-state index contributed by atoms with van der Waals surface area (Å²) in [7, 11) is 0. The quantitative estimate of drug-likeness (QED) is 0.436. The molecule has 0 atom stereocenters. The maximum Gasteiger partial charge on any atom is 0.294 e. The zero-order valence-corrected chi connectivity index (χ0v) is 16.3. The minimum Gasteiger partial charge on any atom is -0.368 e. The van der Waals surface area contributed by atoms with Crippen LogP contribution in [0.25, 0.3) is 0 Å². The molecule has 0 radical (unpaired) electrons. The lowest BCUT2D eigenvalue weighted by Crippen LogP contribution is -2.46. The molecule has 156 valence electrons. The lowest BCUT2D eigenvalue weighted by molar-refractivity contribution is -0.384. The van der Waals surface area contributed by atoms with Crippen LogP contribution in [0.5, 0.6) is 0 Å². The smallest absolute Gasteiger partial charge is 0.294 e. The summed E-state index contributed by atoms with van der Waals surface area (Å²) in [6.45, 7) is 2.37. The predicted octanol–water partition coefficient (Wildman–Crippen LogP) is 3.10. The van der Waals surface area contributed by atoms with Gasteiger partial charge in [-0.1, -0.05) is 0 Å². The highest BCUT2D eigenvalue weighted by atomic mass is 19.1. The van der Waals surface area contributed by atoms with Gasteiger partial charge in [-0.15, -0.1) is 0 Å². The lowest BCUT2D eigenvalue weighted by atomic mass is 10.1.